The highest BCUT2D eigenvalue weighted by molar-refractivity contribution is 9.10. The van der Waals surface area contributed by atoms with Crippen molar-refractivity contribution in [2.45, 2.75) is 13.1 Å². The number of anilines is 2. The van der Waals surface area contributed by atoms with Crippen LogP contribution in [0, 0.1) is 11.3 Å². The van der Waals surface area contributed by atoms with E-state index in [-0.39, 0.29) is 36.0 Å². The van der Waals surface area contributed by atoms with Gasteiger partial charge in [-0.3, -0.25) is 9.59 Å². The van der Waals surface area contributed by atoms with Gasteiger partial charge < -0.3 is 20.1 Å². The third kappa shape index (κ3) is 7.85. The summed E-state index contributed by atoms with van der Waals surface area (Å²) in [4.78, 5) is 24.9. The number of nitrogens with zero attached hydrogens (tertiary/aromatic N) is 1. The van der Waals surface area contributed by atoms with Crippen LogP contribution in [0.1, 0.15) is 18.1 Å². The smallest absolute Gasteiger partial charge is 0.416 e. The van der Waals surface area contributed by atoms with E-state index in [0.29, 0.717) is 15.7 Å². The molecule has 2 amide bonds. The molecule has 2 N–H and O–H groups in total. The lowest BCUT2D eigenvalue weighted by Gasteiger charge is -2.15. The van der Waals surface area contributed by atoms with Crippen molar-refractivity contribution in [1.29, 1.82) is 5.26 Å². The molecule has 3 aromatic rings. The Bertz CT molecular complexity index is 1390. The molecule has 196 valence electrons. The minimum Gasteiger partial charge on any atom is -0.490 e. The standard InChI is InChI=1S/C27H21BrF3N3O4/c1-2-37-23-13-17(12-22(28)25(23)38-16-24(35)33-20-8-4-3-5-9-20)11-18(15-32)26(36)34-21-10-6-7-19(14-21)27(29,30)31/h3-14H,2,16H2,1H3,(H,33,35)(H,34,36)/b18-11+. The van der Waals surface area contributed by atoms with E-state index in [0.717, 1.165) is 18.2 Å². The Morgan fingerprint density at radius 2 is 1.71 bits per heavy atom. The average Bonchev–Trinajstić information content (AvgIpc) is 2.87. The second kappa shape index (κ2) is 12.8. The lowest BCUT2D eigenvalue weighted by Crippen LogP contribution is -2.20. The fraction of sp³-hybridized carbons (Fsp3) is 0.148. The molecule has 0 atom stereocenters. The summed E-state index contributed by atoms with van der Waals surface area (Å²) in [6.07, 6.45) is -3.33. The molecule has 3 aromatic carbocycles. The van der Waals surface area contributed by atoms with E-state index < -0.39 is 23.6 Å². The van der Waals surface area contributed by atoms with Crippen LogP contribution in [0.15, 0.2) is 76.8 Å². The Balaban J connectivity index is 1.78. The van der Waals surface area contributed by atoms with Gasteiger partial charge >= 0.3 is 6.18 Å². The quantitative estimate of drug-likeness (QED) is 0.222. The molecular formula is C27H21BrF3N3O4. The van der Waals surface area contributed by atoms with Crippen molar-refractivity contribution in [3.63, 3.8) is 0 Å². The molecule has 0 unspecified atom stereocenters. The maximum absolute atomic E-state index is 13.0. The largest absolute Gasteiger partial charge is 0.490 e. The molecule has 0 spiro atoms. The average molecular weight is 588 g/mol. The van der Waals surface area contributed by atoms with E-state index >= 15 is 0 Å². The fourth-order valence-electron chi connectivity index (χ4n) is 3.22. The van der Waals surface area contributed by atoms with E-state index in [2.05, 4.69) is 26.6 Å². The number of nitriles is 1. The van der Waals surface area contributed by atoms with Gasteiger partial charge in [0.25, 0.3) is 11.8 Å². The van der Waals surface area contributed by atoms with E-state index in [9.17, 15) is 28.0 Å². The van der Waals surface area contributed by atoms with Crippen LogP contribution in [-0.4, -0.2) is 25.0 Å². The van der Waals surface area contributed by atoms with Crippen molar-refractivity contribution in [1.82, 2.24) is 0 Å². The van der Waals surface area contributed by atoms with Crippen LogP contribution in [0.25, 0.3) is 6.08 Å². The first-order valence-electron chi connectivity index (χ1n) is 11.1. The van der Waals surface area contributed by atoms with Crippen molar-refractivity contribution < 1.29 is 32.2 Å². The Morgan fingerprint density at radius 3 is 2.37 bits per heavy atom. The second-order valence-corrected chi connectivity index (χ2v) is 8.52. The Hall–Kier alpha value is -4.30. The summed E-state index contributed by atoms with van der Waals surface area (Å²) in [5.74, 6) is -0.804. The van der Waals surface area contributed by atoms with Gasteiger partial charge in [0.05, 0.1) is 16.6 Å². The van der Waals surface area contributed by atoms with Gasteiger partial charge in [-0.05, 0) is 77.0 Å². The zero-order chi connectivity index (χ0) is 27.7. The van der Waals surface area contributed by atoms with Gasteiger partial charge in [0, 0.05) is 11.4 Å². The number of carbonyl (C=O) groups excluding carboxylic acids is 2. The molecule has 0 saturated carbocycles. The predicted molar refractivity (Wildman–Crippen MR) is 140 cm³/mol. The van der Waals surface area contributed by atoms with Gasteiger partial charge in [0.2, 0.25) is 0 Å². The molecule has 0 saturated heterocycles. The molecule has 7 nitrogen and oxygen atoms in total. The van der Waals surface area contributed by atoms with Crippen LogP contribution >= 0.6 is 15.9 Å². The van der Waals surface area contributed by atoms with Gasteiger partial charge in [-0.1, -0.05) is 24.3 Å². The van der Waals surface area contributed by atoms with Gasteiger partial charge in [-0.2, -0.15) is 18.4 Å². The Morgan fingerprint density at radius 1 is 1.00 bits per heavy atom. The van der Waals surface area contributed by atoms with Crippen molar-refractivity contribution in [2.24, 2.45) is 0 Å². The van der Waals surface area contributed by atoms with Crippen molar-refractivity contribution in [3.05, 3.63) is 87.9 Å². The van der Waals surface area contributed by atoms with Crippen LogP contribution < -0.4 is 20.1 Å². The normalized spacial score (nSPS) is 11.3. The molecule has 0 aromatic heterocycles. The number of hydrogen-bond acceptors (Lipinski definition) is 5. The fourth-order valence-corrected chi connectivity index (χ4v) is 3.79. The van der Waals surface area contributed by atoms with Crippen LogP contribution in [0.2, 0.25) is 0 Å². The summed E-state index contributed by atoms with van der Waals surface area (Å²) in [6, 6.07) is 17.7. The number of nitrogens with one attached hydrogen (secondary N) is 2. The van der Waals surface area contributed by atoms with E-state index in [4.69, 9.17) is 9.47 Å². The number of halogens is 4. The summed E-state index contributed by atoms with van der Waals surface area (Å²) in [5.41, 5.74) is -0.418. The summed E-state index contributed by atoms with van der Waals surface area (Å²) in [7, 11) is 0. The van der Waals surface area contributed by atoms with Gasteiger partial charge in [0.1, 0.15) is 11.6 Å². The predicted octanol–water partition coefficient (Wildman–Crippen LogP) is 6.43. The molecule has 0 aliphatic heterocycles. The van der Waals surface area contributed by atoms with Crippen LogP contribution in [-0.2, 0) is 15.8 Å². The first-order chi connectivity index (χ1) is 18.1. The van der Waals surface area contributed by atoms with Crippen LogP contribution in [0.3, 0.4) is 0 Å². The van der Waals surface area contributed by atoms with Gasteiger partial charge in [-0.25, -0.2) is 0 Å². The third-order valence-corrected chi connectivity index (χ3v) is 5.45. The number of hydrogen-bond donors (Lipinski definition) is 2. The number of benzene rings is 3. The molecule has 11 heteroatoms. The molecule has 3 rings (SSSR count). The zero-order valence-corrected chi connectivity index (χ0v) is 21.5. The number of carbonyl (C=O) groups is 2. The number of ether oxygens (including phenoxy) is 2. The monoisotopic (exact) mass is 587 g/mol. The van der Waals surface area contributed by atoms with Gasteiger partial charge in [0.15, 0.2) is 18.1 Å². The SMILES string of the molecule is CCOc1cc(/C=C(\C#N)C(=O)Nc2cccc(C(F)(F)F)c2)cc(Br)c1OCC(=O)Nc1ccccc1. The Kier molecular flexibility index (Phi) is 9.51. The van der Waals surface area contributed by atoms with Crippen molar-refractivity contribution in [3.8, 4) is 17.6 Å². The van der Waals surface area contributed by atoms with Crippen LogP contribution in [0.4, 0.5) is 24.5 Å². The lowest BCUT2D eigenvalue weighted by molar-refractivity contribution is -0.137. The van der Waals surface area contributed by atoms with E-state index in [1.165, 1.54) is 18.2 Å². The maximum atomic E-state index is 13.0. The highest BCUT2D eigenvalue weighted by atomic mass is 79.9. The molecule has 0 aliphatic rings. The van der Waals surface area contributed by atoms with Crippen LogP contribution in [0.5, 0.6) is 11.5 Å². The van der Waals surface area contributed by atoms with Crippen molar-refractivity contribution in [2.75, 3.05) is 23.8 Å². The number of alkyl halides is 3. The molecule has 0 aliphatic carbocycles. The summed E-state index contributed by atoms with van der Waals surface area (Å²) >= 11 is 3.36. The molecule has 0 fully saturated rings. The minimum absolute atomic E-state index is 0.111. The van der Waals surface area contributed by atoms with Gasteiger partial charge in [-0.15, -0.1) is 0 Å². The second-order valence-electron chi connectivity index (χ2n) is 7.67. The first kappa shape index (κ1) is 28.3. The summed E-state index contributed by atoms with van der Waals surface area (Å²) < 4.78 is 50.6. The number of para-hydroxylation sites is 1. The highest BCUT2D eigenvalue weighted by Crippen LogP contribution is 2.38. The highest BCUT2D eigenvalue weighted by Gasteiger charge is 2.30. The molecule has 0 heterocycles. The van der Waals surface area contributed by atoms with Crippen molar-refractivity contribution >= 4 is 45.2 Å². The number of rotatable bonds is 9. The number of amides is 2. The molecule has 0 radical (unpaired) electrons. The lowest BCUT2D eigenvalue weighted by atomic mass is 10.1. The Labute approximate surface area is 225 Å². The summed E-state index contributed by atoms with van der Waals surface area (Å²) in [6.45, 7) is 1.68. The van der Waals surface area contributed by atoms with E-state index in [1.54, 1.807) is 43.3 Å². The third-order valence-electron chi connectivity index (χ3n) is 4.86. The zero-order valence-electron chi connectivity index (χ0n) is 19.9. The minimum atomic E-state index is -4.58. The van der Waals surface area contributed by atoms with E-state index in [1.807, 2.05) is 6.07 Å². The molecule has 0 bridgehead atoms. The molecule has 38 heavy (non-hydrogen) atoms. The topological polar surface area (TPSA) is 100 Å². The summed E-state index contributed by atoms with van der Waals surface area (Å²) in [5, 5.41) is 14.5. The first-order valence-corrected chi connectivity index (χ1v) is 11.9. The maximum Gasteiger partial charge on any atom is 0.416 e. The molecular weight excluding hydrogens is 567 g/mol.